The topological polar surface area (TPSA) is 4.44 Å². The summed E-state index contributed by atoms with van der Waals surface area (Å²) in [4.78, 5) is 1.42. The van der Waals surface area contributed by atoms with Crippen LogP contribution in [-0.4, -0.2) is 27.3 Å². The quantitative estimate of drug-likeness (QED) is 0.137. The fourth-order valence-corrected chi connectivity index (χ4v) is 5.00. The van der Waals surface area contributed by atoms with Gasteiger partial charge in [0.05, 0.1) is 21.1 Å². The molecule has 0 radical (unpaired) electrons. The Balaban J connectivity index is 0.00000136. The van der Waals surface area contributed by atoms with Gasteiger partial charge in [0.15, 0.2) is 52.4 Å². The molecule has 4 aromatic rings. The van der Waals surface area contributed by atoms with Gasteiger partial charge in [0.25, 0.3) is 0 Å². The van der Waals surface area contributed by atoms with Crippen molar-refractivity contribution in [3.05, 3.63) is 124 Å². The lowest BCUT2D eigenvalue weighted by molar-refractivity contribution is -0.836. The van der Waals surface area contributed by atoms with Crippen molar-refractivity contribution in [1.29, 1.82) is 0 Å². The van der Waals surface area contributed by atoms with Crippen LogP contribution in [0.3, 0.4) is 0 Å². The Labute approximate surface area is 250 Å². The van der Waals surface area contributed by atoms with Gasteiger partial charge in [-0.2, -0.15) is 5.46 Å². The van der Waals surface area contributed by atoms with Gasteiger partial charge in [0.2, 0.25) is 0 Å². The monoisotopic (exact) mass is 675 g/mol. The van der Waals surface area contributed by atoms with Crippen LogP contribution in [-0.2, 0) is 0 Å². The number of benzene rings is 4. The second-order valence-corrected chi connectivity index (χ2v) is 10.1. The zero-order valence-electron chi connectivity index (χ0n) is 23.3. The van der Waals surface area contributed by atoms with Crippen molar-refractivity contribution in [2.45, 2.75) is 0 Å². The van der Waals surface area contributed by atoms with E-state index in [2.05, 4.69) is 27.7 Å². The highest BCUT2D eigenvalue weighted by molar-refractivity contribution is 7.20. The summed E-state index contributed by atoms with van der Waals surface area (Å²) in [5.41, 5.74) is -10.3. The molecule has 0 aliphatic rings. The van der Waals surface area contributed by atoms with Gasteiger partial charge in [0.1, 0.15) is 41.0 Å². The lowest BCUT2D eigenvalue weighted by Gasteiger charge is -2.45. The molecule has 0 aromatic heterocycles. The molecule has 1 N–H and O–H groups in total. The van der Waals surface area contributed by atoms with Crippen molar-refractivity contribution in [2.75, 3.05) is 21.1 Å². The maximum atomic E-state index is 15.5. The number of hydrogen-bond acceptors (Lipinski definition) is 0. The largest absolute Gasteiger partial charge is 0.342 e. The zero-order chi connectivity index (χ0) is 35.2. The normalized spacial score (nSPS) is 11.5. The Hall–Kier alpha value is -4.41. The molecule has 0 heterocycles. The van der Waals surface area contributed by atoms with E-state index in [1.807, 2.05) is 0 Å². The number of rotatable bonds is 5. The Kier molecular flexibility index (Phi) is 10.3. The molecule has 0 fully saturated rings. The minimum atomic E-state index is -5.82. The summed E-state index contributed by atoms with van der Waals surface area (Å²) in [7, 11) is 6.25. The third-order valence-electron chi connectivity index (χ3n) is 6.71. The number of nitrogens with one attached hydrogen (secondary N) is 1. The third kappa shape index (κ3) is 5.39. The second-order valence-electron chi connectivity index (χ2n) is 10.1. The smallest absolute Gasteiger partial charge is 0.200 e. The van der Waals surface area contributed by atoms with E-state index >= 15 is 26.3 Å². The van der Waals surface area contributed by atoms with E-state index in [1.54, 1.807) is 0 Å². The molecule has 4 aromatic carbocycles. The fraction of sp³-hybridized carbons (Fsp3) is 0.103. The van der Waals surface area contributed by atoms with Crippen molar-refractivity contribution in [1.82, 2.24) is 0 Å². The highest BCUT2D eigenvalue weighted by Gasteiger charge is 2.49. The van der Waals surface area contributed by atoms with Crippen LogP contribution in [0.2, 0.25) is 0 Å². The molecular weight excluding hydrogens is 658 g/mol. The minimum Gasteiger partial charge on any atom is -0.342 e. The average molecular weight is 675 g/mol. The molecule has 0 saturated heterocycles. The summed E-state index contributed by atoms with van der Waals surface area (Å²) >= 11 is 0. The van der Waals surface area contributed by atoms with E-state index in [1.165, 1.54) is 4.90 Å². The van der Waals surface area contributed by atoms with Crippen LogP contribution >= 0.6 is 0 Å². The molecule has 0 unspecified atom stereocenters. The molecule has 1 nitrogen and oxygen atoms in total. The van der Waals surface area contributed by atoms with E-state index in [4.69, 9.17) is 0 Å². The first kappa shape index (κ1) is 36.1. The van der Waals surface area contributed by atoms with Crippen molar-refractivity contribution in [3.63, 3.8) is 0 Å². The molecule has 0 amide bonds. The van der Waals surface area contributed by atoms with E-state index in [0.717, 1.165) is 18.2 Å². The summed E-state index contributed by atoms with van der Waals surface area (Å²) < 4.78 is 223. The van der Waals surface area contributed by atoms with Gasteiger partial charge in [-0.15, -0.1) is 16.4 Å². The van der Waals surface area contributed by atoms with Crippen LogP contribution in [0.1, 0.15) is 5.56 Å². The van der Waals surface area contributed by atoms with Crippen LogP contribution in [0.15, 0.2) is 30.8 Å². The summed E-state index contributed by atoms with van der Waals surface area (Å²) in [5.74, 6) is -45.8. The van der Waals surface area contributed by atoms with Crippen molar-refractivity contribution in [3.8, 4) is 0 Å². The third-order valence-corrected chi connectivity index (χ3v) is 6.71. The molecular formula is C29H17BF15N. The molecule has 246 valence electrons. The first-order chi connectivity index (χ1) is 21.3. The van der Waals surface area contributed by atoms with Crippen molar-refractivity contribution >= 4 is 34.1 Å². The highest BCUT2D eigenvalue weighted by atomic mass is 19.2. The van der Waals surface area contributed by atoms with Crippen LogP contribution in [0.5, 0.6) is 0 Å². The summed E-state index contributed by atoms with van der Waals surface area (Å²) in [6.07, 6.45) is -5.26. The van der Waals surface area contributed by atoms with E-state index in [0.29, 0.717) is 12.1 Å². The van der Waals surface area contributed by atoms with Gasteiger partial charge in [0, 0.05) is 0 Å². The Morgan fingerprint density at radius 2 is 0.652 bits per heavy atom. The predicted molar refractivity (Wildman–Crippen MR) is 138 cm³/mol. The summed E-state index contributed by atoms with van der Waals surface area (Å²) in [5, 5.41) is 0. The van der Waals surface area contributed by atoms with Gasteiger partial charge in [-0.3, -0.25) is 0 Å². The number of quaternary nitrogens is 1. The fourth-order valence-electron chi connectivity index (χ4n) is 5.00. The van der Waals surface area contributed by atoms with E-state index < -0.39 is 121 Å². The zero-order valence-corrected chi connectivity index (χ0v) is 23.3. The summed E-state index contributed by atoms with van der Waals surface area (Å²) in [6.45, 7) is 3.19. The SMILES string of the molecule is C=Cc1ccccc1[B-](c1c(F)c(F)c(F)c(F)c1F)(c1c(F)c(F)c(F)c(F)c1F)c1c(F)c(F)c(F)c(F)c1F.C[NH+](C)C. The minimum absolute atomic E-state index is 0.394. The molecule has 0 spiro atoms. The Bertz CT molecular complexity index is 1620. The van der Waals surface area contributed by atoms with E-state index in [9.17, 15) is 39.5 Å². The standard InChI is InChI=1S/C26H7BF15.C3H9N/c1-2-7-5-3-4-6-8(7)27(9-12(28)18(34)24(40)19(35)13(9)29,10-14(30)20(36)25(41)21(37)15(10)31)11-16(32)22(38)26(42)23(39)17(11)33;1-4(2)3/h2-6H,1H2;1-3H3/q-1;/p+1. The average Bonchev–Trinajstić information content (AvgIpc) is 3.02. The first-order valence-electron chi connectivity index (χ1n) is 12.5. The van der Waals surface area contributed by atoms with Gasteiger partial charge >= 0.3 is 0 Å². The van der Waals surface area contributed by atoms with Crippen molar-refractivity contribution < 1.29 is 70.8 Å². The van der Waals surface area contributed by atoms with Crippen molar-refractivity contribution in [2.24, 2.45) is 0 Å². The van der Waals surface area contributed by atoms with Gasteiger partial charge in [-0.05, 0) is 0 Å². The van der Waals surface area contributed by atoms with Gasteiger partial charge < -0.3 is 4.90 Å². The predicted octanol–water partition coefficient (Wildman–Crippen LogP) is 4.55. The molecule has 46 heavy (non-hydrogen) atoms. The lowest BCUT2D eigenvalue weighted by Crippen LogP contribution is -3.02. The van der Waals surface area contributed by atoms with Crippen LogP contribution in [0.25, 0.3) is 6.08 Å². The molecule has 0 atom stereocenters. The molecule has 0 bridgehead atoms. The van der Waals surface area contributed by atoms with Gasteiger partial charge in [-0.1, -0.05) is 42.5 Å². The number of halogens is 15. The highest BCUT2D eigenvalue weighted by Crippen LogP contribution is 2.29. The lowest BCUT2D eigenvalue weighted by atomic mass is 9.12. The maximum Gasteiger partial charge on any atom is 0.200 e. The van der Waals surface area contributed by atoms with Crippen LogP contribution < -0.4 is 26.8 Å². The molecule has 0 aliphatic heterocycles. The molecule has 0 saturated carbocycles. The second kappa shape index (κ2) is 13.1. The van der Waals surface area contributed by atoms with E-state index in [-0.39, 0.29) is 0 Å². The first-order valence-corrected chi connectivity index (χ1v) is 12.5. The molecule has 0 aliphatic carbocycles. The van der Waals surface area contributed by atoms with Crippen LogP contribution in [0, 0.1) is 87.3 Å². The molecule has 4 rings (SSSR count). The Morgan fingerprint density at radius 1 is 0.435 bits per heavy atom. The molecule has 17 heteroatoms. The number of hydrogen-bond donors (Lipinski definition) is 1. The Morgan fingerprint density at radius 3 is 0.891 bits per heavy atom. The van der Waals surface area contributed by atoms with Gasteiger partial charge in [-0.25, -0.2) is 65.9 Å². The maximum absolute atomic E-state index is 15.5. The summed E-state index contributed by atoms with van der Waals surface area (Å²) in [6, 6.07) is 2.86. The van der Waals surface area contributed by atoms with Crippen LogP contribution in [0.4, 0.5) is 65.9 Å².